The Morgan fingerprint density at radius 3 is 2.88 bits per heavy atom. The minimum absolute atomic E-state index is 0.232. The first-order chi connectivity index (χ1) is 8.16. The van der Waals surface area contributed by atoms with Crippen LogP contribution in [0.15, 0.2) is 39.7 Å². The highest BCUT2D eigenvalue weighted by Crippen LogP contribution is 2.16. The van der Waals surface area contributed by atoms with Crippen LogP contribution in [0.3, 0.4) is 0 Å². The van der Waals surface area contributed by atoms with Crippen molar-refractivity contribution in [3.8, 4) is 0 Å². The molecule has 1 atom stereocenters. The van der Waals surface area contributed by atoms with Gasteiger partial charge in [-0.3, -0.25) is 4.98 Å². The SMILES string of the molecule is Cc1ccccc1NCC(O)c1c[nH]c(=O)o1. The molecule has 90 valence electrons. The van der Waals surface area contributed by atoms with E-state index in [1.807, 2.05) is 31.2 Å². The van der Waals surface area contributed by atoms with Gasteiger partial charge in [-0.05, 0) is 18.6 Å². The molecule has 0 fully saturated rings. The number of aromatic amines is 1. The second kappa shape index (κ2) is 4.88. The molecule has 0 amide bonds. The predicted octanol–water partition coefficient (Wildman–Crippen LogP) is 1.42. The zero-order valence-corrected chi connectivity index (χ0v) is 9.43. The summed E-state index contributed by atoms with van der Waals surface area (Å²) in [5.74, 6) is -0.328. The molecule has 0 aliphatic rings. The quantitative estimate of drug-likeness (QED) is 0.747. The summed E-state index contributed by atoms with van der Waals surface area (Å²) < 4.78 is 4.76. The molecule has 0 aliphatic heterocycles. The van der Waals surface area contributed by atoms with Gasteiger partial charge in [0.05, 0.1) is 0 Å². The number of nitrogens with one attached hydrogen (secondary N) is 2. The maximum absolute atomic E-state index is 10.8. The summed E-state index contributed by atoms with van der Waals surface area (Å²) >= 11 is 0. The van der Waals surface area contributed by atoms with Crippen LogP contribution in [0.2, 0.25) is 0 Å². The summed E-state index contributed by atoms with van der Waals surface area (Å²) in [6.07, 6.45) is 0.514. The van der Waals surface area contributed by atoms with Gasteiger partial charge in [0.2, 0.25) is 0 Å². The molecular weight excluding hydrogens is 220 g/mol. The number of aryl methyl sites for hydroxylation is 1. The Hall–Kier alpha value is -2.01. The number of rotatable bonds is 4. The van der Waals surface area contributed by atoms with Crippen molar-refractivity contribution in [3.63, 3.8) is 0 Å². The lowest BCUT2D eigenvalue weighted by atomic mass is 10.2. The molecule has 1 aromatic carbocycles. The van der Waals surface area contributed by atoms with Crippen molar-refractivity contribution >= 4 is 5.69 Å². The number of benzene rings is 1. The van der Waals surface area contributed by atoms with Crippen molar-refractivity contribution in [3.05, 3.63) is 52.3 Å². The second-order valence-electron chi connectivity index (χ2n) is 3.79. The number of anilines is 1. The third kappa shape index (κ3) is 2.76. The minimum atomic E-state index is -0.853. The Morgan fingerprint density at radius 1 is 1.47 bits per heavy atom. The lowest BCUT2D eigenvalue weighted by Gasteiger charge is -2.11. The monoisotopic (exact) mass is 234 g/mol. The lowest BCUT2D eigenvalue weighted by molar-refractivity contribution is 0.160. The van der Waals surface area contributed by atoms with Crippen LogP contribution in [0.5, 0.6) is 0 Å². The second-order valence-corrected chi connectivity index (χ2v) is 3.79. The van der Waals surface area contributed by atoms with Crippen LogP contribution in [-0.4, -0.2) is 16.6 Å². The van der Waals surface area contributed by atoms with Crippen LogP contribution in [0.4, 0.5) is 5.69 Å². The highest BCUT2D eigenvalue weighted by molar-refractivity contribution is 5.50. The molecule has 0 bridgehead atoms. The standard InChI is InChI=1S/C12H14N2O3/c1-8-4-2-3-5-9(8)13-6-10(15)11-7-14-12(16)17-11/h2-5,7,10,13,15H,6H2,1H3,(H,14,16). The summed E-state index contributed by atoms with van der Waals surface area (Å²) in [5.41, 5.74) is 2.04. The van der Waals surface area contributed by atoms with E-state index >= 15 is 0 Å². The first-order valence-electron chi connectivity index (χ1n) is 5.33. The molecule has 0 aliphatic carbocycles. The van der Waals surface area contributed by atoms with Crippen molar-refractivity contribution in [1.29, 1.82) is 0 Å². The first kappa shape index (κ1) is 11.5. The maximum atomic E-state index is 10.8. The molecule has 5 nitrogen and oxygen atoms in total. The number of aliphatic hydroxyl groups is 1. The van der Waals surface area contributed by atoms with E-state index in [-0.39, 0.29) is 12.3 Å². The summed E-state index contributed by atoms with van der Waals surface area (Å²) in [6, 6.07) is 7.76. The van der Waals surface area contributed by atoms with E-state index in [0.29, 0.717) is 0 Å². The van der Waals surface area contributed by atoms with Gasteiger partial charge in [-0.1, -0.05) is 18.2 Å². The minimum Gasteiger partial charge on any atom is -0.410 e. The third-order valence-electron chi connectivity index (χ3n) is 2.50. The van der Waals surface area contributed by atoms with Gasteiger partial charge in [-0.2, -0.15) is 0 Å². The highest BCUT2D eigenvalue weighted by atomic mass is 16.4. The van der Waals surface area contributed by atoms with Crippen LogP contribution >= 0.6 is 0 Å². The van der Waals surface area contributed by atoms with E-state index in [1.54, 1.807) is 0 Å². The van der Waals surface area contributed by atoms with E-state index in [9.17, 15) is 9.90 Å². The van der Waals surface area contributed by atoms with Crippen LogP contribution in [0, 0.1) is 6.92 Å². The molecule has 0 spiro atoms. The number of para-hydroxylation sites is 1. The molecule has 0 saturated carbocycles. The van der Waals surface area contributed by atoms with Gasteiger partial charge < -0.3 is 14.8 Å². The number of oxazole rings is 1. The average molecular weight is 234 g/mol. The van der Waals surface area contributed by atoms with Crippen molar-refractivity contribution < 1.29 is 9.52 Å². The fraction of sp³-hybridized carbons (Fsp3) is 0.250. The Balaban J connectivity index is 1.99. The van der Waals surface area contributed by atoms with Gasteiger partial charge in [-0.15, -0.1) is 0 Å². The van der Waals surface area contributed by atoms with E-state index in [0.717, 1.165) is 11.3 Å². The molecule has 3 N–H and O–H groups in total. The fourth-order valence-corrected chi connectivity index (χ4v) is 1.54. The highest BCUT2D eigenvalue weighted by Gasteiger charge is 2.11. The van der Waals surface area contributed by atoms with Gasteiger partial charge in [0.25, 0.3) is 0 Å². The van der Waals surface area contributed by atoms with Crippen LogP contribution in [-0.2, 0) is 0 Å². The van der Waals surface area contributed by atoms with Crippen LogP contribution in [0.25, 0.3) is 0 Å². The van der Waals surface area contributed by atoms with Crippen molar-refractivity contribution in [2.75, 3.05) is 11.9 Å². The normalized spacial score (nSPS) is 12.4. The Labute approximate surface area is 98.1 Å². The summed E-state index contributed by atoms with van der Waals surface area (Å²) in [5, 5.41) is 12.9. The van der Waals surface area contributed by atoms with Gasteiger partial charge in [0.1, 0.15) is 6.10 Å². The van der Waals surface area contributed by atoms with E-state index in [4.69, 9.17) is 4.42 Å². The molecular formula is C12H14N2O3. The molecule has 0 radical (unpaired) electrons. The summed E-state index contributed by atoms with van der Waals surface area (Å²) in [6.45, 7) is 2.26. The largest absolute Gasteiger partial charge is 0.416 e. The number of aromatic nitrogens is 1. The smallest absolute Gasteiger partial charge is 0.410 e. The molecule has 0 saturated heterocycles. The Morgan fingerprint density at radius 2 is 2.24 bits per heavy atom. The lowest BCUT2D eigenvalue weighted by Crippen LogP contribution is -2.12. The Kier molecular flexibility index (Phi) is 3.30. The first-order valence-corrected chi connectivity index (χ1v) is 5.33. The van der Waals surface area contributed by atoms with Gasteiger partial charge >= 0.3 is 5.76 Å². The van der Waals surface area contributed by atoms with Crippen molar-refractivity contribution in [1.82, 2.24) is 4.98 Å². The molecule has 1 heterocycles. The van der Waals surface area contributed by atoms with Crippen molar-refractivity contribution in [2.45, 2.75) is 13.0 Å². The molecule has 2 rings (SSSR count). The number of aliphatic hydroxyl groups excluding tert-OH is 1. The van der Waals surface area contributed by atoms with Gasteiger partial charge in [-0.25, -0.2) is 4.79 Å². The van der Waals surface area contributed by atoms with E-state index in [2.05, 4.69) is 10.3 Å². The predicted molar refractivity (Wildman–Crippen MR) is 64.0 cm³/mol. The van der Waals surface area contributed by atoms with Gasteiger partial charge in [0, 0.05) is 18.4 Å². The fourth-order valence-electron chi connectivity index (χ4n) is 1.54. The summed E-state index contributed by atoms with van der Waals surface area (Å²) in [7, 11) is 0. The van der Waals surface area contributed by atoms with E-state index in [1.165, 1.54) is 6.20 Å². The zero-order chi connectivity index (χ0) is 12.3. The number of hydrogen-bond donors (Lipinski definition) is 3. The molecule has 1 aromatic heterocycles. The zero-order valence-electron chi connectivity index (χ0n) is 9.43. The maximum Gasteiger partial charge on any atom is 0.416 e. The van der Waals surface area contributed by atoms with Crippen LogP contribution < -0.4 is 11.1 Å². The number of H-pyrrole nitrogens is 1. The van der Waals surface area contributed by atoms with Gasteiger partial charge in [0.15, 0.2) is 5.76 Å². The Bertz CT molecular complexity index is 544. The molecule has 1 unspecified atom stereocenters. The molecule has 5 heteroatoms. The topological polar surface area (TPSA) is 78.3 Å². The average Bonchev–Trinajstić information content (AvgIpc) is 2.74. The third-order valence-corrected chi connectivity index (χ3v) is 2.50. The number of hydrogen-bond acceptors (Lipinski definition) is 4. The molecule has 2 aromatic rings. The van der Waals surface area contributed by atoms with Crippen LogP contribution in [0.1, 0.15) is 17.4 Å². The summed E-state index contributed by atoms with van der Waals surface area (Å²) in [4.78, 5) is 13.1. The van der Waals surface area contributed by atoms with Crippen molar-refractivity contribution in [2.24, 2.45) is 0 Å². The van der Waals surface area contributed by atoms with E-state index < -0.39 is 11.9 Å². The molecule has 17 heavy (non-hydrogen) atoms.